The van der Waals surface area contributed by atoms with Crippen LogP contribution in [0.1, 0.15) is 29.7 Å². The number of aromatic amines is 1. The molecule has 9 N–H and O–H groups in total. The SMILES string of the molecule is NC(=O)CCC(NC(=O)C(N)Cc1cnc[nH]1)C(=O)NC(Cc1ccccc1)C(=O)NC(Cc1ccccc1)C(=O)O. The molecular weight excluding hydrogens is 542 g/mol. The van der Waals surface area contributed by atoms with Gasteiger partial charge >= 0.3 is 5.97 Å². The van der Waals surface area contributed by atoms with E-state index in [0.717, 1.165) is 0 Å². The van der Waals surface area contributed by atoms with E-state index >= 15 is 0 Å². The monoisotopic (exact) mass is 577 g/mol. The Bertz CT molecular complexity index is 1340. The Hall–Kier alpha value is -5.04. The number of rotatable bonds is 16. The molecule has 0 spiro atoms. The number of carbonyl (C=O) groups excluding carboxylic acids is 4. The number of hydrogen-bond acceptors (Lipinski definition) is 7. The van der Waals surface area contributed by atoms with Gasteiger partial charge in [0.2, 0.25) is 23.6 Å². The van der Waals surface area contributed by atoms with E-state index in [2.05, 4.69) is 25.9 Å². The molecular formula is C29H35N7O6. The summed E-state index contributed by atoms with van der Waals surface area (Å²) >= 11 is 0. The molecule has 0 saturated heterocycles. The number of aliphatic carboxylic acids is 1. The summed E-state index contributed by atoms with van der Waals surface area (Å²) in [6.45, 7) is 0. The zero-order chi connectivity index (χ0) is 30.5. The lowest BCUT2D eigenvalue weighted by atomic mass is 10.0. The number of nitrogens with zero attached hydrogens (tertiary/aromatic N) is 1. The average Bonchev–Trinajstić information content (AvgIpc) is 3.48. The Labute approximate surface area is 242 Å². The first-order valence-corrected chi connectivity index (χ1v) is 13.3. The molecule has 222 valence electrons. The van der Waals surface area contributed by atoms with Crippen LogP contribution in [0, 0.1) is 0 Å². The number of primary amides is 1. The van der Waals surface area contributed by atoms with E-state index in [0.29, 0.717) is 16.8 Å². The van der Waals surface area contributed by atoms with Crippen LogP contribution < -0.4 is 27.4 Å². The Balaban J connectivity index is 1.77. The van der Waals surface area contributed by atoms with Crippen LogP contribution in [0.5, 0.6) is 0 Å². The normalized spacial score (nSPS) is 13.6. The minimum Gasteiger partial charge on any atom is -0.480 e. The van der Waals surface area contributed by atoms with Crippen molar-refractivity contribution >= 4 is 29.6 Å². The van der Waals surface area contributed by atoms with Gasteiger partial charge in [0.1, 0.15) is 18.1 Å². The first-order chi connectivity index (χ1) is 20.1. The Morgan fingerprint density at radius 3 is 1.81 bits per heavy atom. The number of nitrogens with one attached hydrogen (secondary N) is 4. The molecule has 4 unspecified atom stereocenters. The molecule has 0 aliphatic heterocycles. The summed E-state index contributed by atoms with van der Waals surface area (Å²) in [6, 6.07) is 12.9. The maximum atomic E-state index is 13.4. The van der Waals surface area contributed by atoms with E-state index in [-0.39, 0.29) is 32.1 Å². The van der Waals surface area contributed by atoms with Crippen molar-refractivity contribution in [3.63, 3.8) is 0 Å². The van der Waals surface area contributed by atoms with Gasteiger partial charge in [-0.2, -0.15) is 0 Å². The van der Waals surface area contributed by atoms with Gasteiger partial charge in [-0.15, -0.1) is 0 Å². The zero-order valence-electron chi connectivity index (χ0n) is 22.9. The van der Waals surface area contributed by atoms with Crippen LogP contribution in [0.4, 0.5) is 0 Å². The molecule has 0 aliphatic carbocycles. The van der Waals surface area contributed by atoms with E-state index in [9.17, 15) is 29.1 Å². The number of hydrogen-bond donors (Lipinski definition) is 7. The van der Waals surface area contributed by atoms with Crippen molar-refractivity contribution in [3.8, 4) is 0 Å². The smallest absolute Gasteiger partial charge is 0.326 e. The summed E-state index contributed by atoms with van der Waals surface area (Å²) in [7, 11) is 0. The van der Waals surface area contributed by atoms with Gasteiger partial charge in [-0.05, 0) is 17.5 Å². The fourth-order valence-electron chi connectivity index (χ4n) is 4.21. The molecule has 0 fully saturated rings. The van der Waals surface area contributed by atoms with Crippen LogP contribution in [0.25, 0.3) is 0 Å². The number of carbonyl (C=O) groups is 5. The summed E-state index contributed by atoms with van der Waals surface area (Å²) in [5.74, 6) is -4.08. The third-order valence-corrected chi connectivity index (χ3v) is 6.46. The van der Waals surface area contributed by atoms with Crippen LogP contribution in [0.3, 0.4) is 0 Å². The second-order valence-electron chi connectivity index (χ2n) is 9.79. The highest BCUT2D eigenvalue weighted by molar-refractivity contribution is 5.94. The van der Waals surface area contributed by atoms with Crippen LogP contribution in [0.15, 0.2) is 73.2 Å². The van der Waals surface area contributed by atoms with Crippen molar-refractivity contribution < 1.29 is 29.1 Å². The predicted octanol–water partition coefficient (Wildman–Crippen LogP) is -0.431. The highest BCUT2D eigenvalue weighted by Gasteiger charge is 2.31. The summed E-state index contributed by atoms with van der Waals surface area (Å²) in [4.78, 5) is 69.8. The second kappa shape index (κ2) is 15.7. The molecule has 4 amide bonds. The summed E-state index contributed by atoms with van der Waals surface area (Å²) in [5, 5.41) is 17.5. The number of benzene rings is 2. The van der Waals surface area contributed by atoms with E-state index in [1.807, 2.05) is 0 Å². The van der Waals surface area contributed by atoms with Crippen LogP contribution in [-0.2, 0) is 43.2 Å². The van der Waals surface area contributed by atoms with E-state index < -0.39 is 53.8 Å². The zero-order valence-corrected chi connectivity index (χ0v) is 22.9. The fourth-order valence-corrected chi connectivity index (χ4v) is 4.21. The molecule has 42 heavy (non-hydrogen) atoms. The van der Waals surface area contributed by atoms with E-state index in [1.165, 1.54) is 12.5 Å². The number of carboxylic acids is 1. The van der Waals surface area contributed by atoms with Crippen LogP contribution >= 0.6 is 0 Å². The maximum Gasteiger partial charge on any atom is 0.326 e. The van der Waals surface area contributed by atoms with Gasteiger partial charge in [-0.1, -0.05) is 60.7 Å². The molecule has 1 aromatic heterocycles. The third-order valence-electron chi connectivity index (χ3n) is 6.46. The number of aromatic nitrogens is 2. The average molecular weight is 578 g/mol. The van der Waals surface area contributed by atoms with E-state index in [4.69, 9.17) is 11.5 Å². The van der Waals surface area contributed by atoms with Gasteiger partial charge < -0.3 is 37.5 Å². The fraction of sp³-hybridized carbons (Fsp3) is 0.310. The molecule has 0 aliphatic rings. The standard InChI is InChI=1S/C29H35N7O6/c30-21(15-20-16-32-17-33-20)26(38)34-22(11-12-25(31)37)27(39)35-23(13-18-7-3-1-4-8-18)28(40)36-24(29(41)42)14-19-9-5-2-6-10-19/h1-10,16-17,21-24H,11-15,30H2,(H2,31,37)(H,32,33)(H,34,38)(H,35,39)(H,36,40)(H,41,42). The molecule has 13 heteroatoms. The molecule has 3 rings (SSSR count). The van der Waals surface area contributed by atoms with E-state index in [1.54, 1.807) is 60.7 Å². The number of imidazole rings is 1. The molecule has 0 bridgehead atoms. The van der Waals surface area contributed by atoms with Gasteiger partial charge in [0, 0.05) is 37.6 Å². The van der Waals surface area contributed by atoms with Gasteiger partial charge in [0.15, 0.2) is 0 Å². The number of carboxylic acid groups (broad SMARTS) is 1. The maximum absolute atomic E-state index is 13.4. The molecule has 0 saturated carbocycles. The number of H-pyrrole nitrogens is 1. The van der Waals surface area contributed by atoms with Crippen molar-refractivity contribution in [2.45, 2.75) is 56.3 Å². The van der Waals surface area contributed by atoms with Crippen molar-refractivity contribution in [3.05, 3.63) is 90.0 Å². The highest BCUT2D eigenvalue weighted by atomic mass is 16.4. The Kier molecular flexibility index (Phi) is 11.7. The van der Waals surface area contributed by atoms with Crippen LogP contribution in [0.2, 0.25) is 0 Å². The molecule has 1 heterocycles. The third kappa shape index (κ3) is 10.2. The number of amides is 4. The van der Waals surface area contributed by atoms with Crippen molar-refractivity contribution in [1.82, 2.24) is 25.9 Å². The first kappa shape index (κ1) is 31.5. The lowest BCUT2D eigenvalue weighted by Gasteiger charge is -2.25. The highest BCUT2D eigenvalue weighted by Crippen LogP contribution is 2.09. The Morgan fingerprint density at radius 1 is 0.762 bits per heavy atom. The van der Waals surface area contributed by atoms with Crippen molar-refractivity contribution in [2.24, 2.45) is 11.5 Å². The minimum absolute atomic E-state index is 0.0272. The lowest BCUT2D eigenvalue weighted by molar-refractivity contribution is -0.142. The molecule has 0 radical (unpaired) electrons. The van der Waals surface area contributed by atoms with Gasteiger partial charge in [-0.3, -0.25) is 19.2 Å². The summed E-state index contributed by atoms with van der Waals surface area (Å²) < 4.78 is 0. The van der Waals surface area contributed by atoms with Crippen molar-refractivity contribution in [2.75, 3.05) is 0 Å². The molecule has 4 atom stereocenters. The first-order valence-electron chi connectivity index (χ1n) is 13.3. The quantitative estimate of drug-likeness (QED) is 0.118. The minimum atomic E-state index is -1.26. The topological polar surface area (TPSA) is 222 Å². The lowest BCUT2D eigenvalue weighted by Crippen LogP contribution is -2.58. The van der Waals surface area contributed by atoms with Gasteiger partial charge in [-0.25, -0.2) is 9.78 Å². The van der Waals surface area contributed by atoms with Gasteiger partial charge in [0.05, 0.1) is 12.4 Å². The summed E-state index contributed by atoms with van der Waals surface area (Å²) in [5.41, 5.74) is 13.3. The van der Waals surface area contributed by atoms with Gasteiger partial charge in [0.25, 0.3) is 0 Å². The van der Waals surface area contributed by atoms with Crippen molar-refractivity contribution in [1.29, 1.82) is 0 Å². The second-order valence-corrected chi connectivity index (χ2v) is 9.79. The molecule has 2 aromatic carbocycles. The summed E-state index contributed by atoms with van der Waals surface area (Å²) in [6.07, 6.45) is 2.77. The number of nitrogens with two attached hydrogens (primary N) is 2. The van der Waals surface area contributed by atoms with Crippen LogP contribution in [-0.4, -0.2) is 68.8 Å². The molecule has 13 nitrogen and oxygen atoms in total. The predicted molar refractivity (Wildman–Crippen MR) is 152 cm³/mol. The largest absolute Gasteiger partial charge is 0.480 e. The molecule has 3 aromatic rings. The Morgan fingerprint density at radius 2 is 1.29 bits per heavy atom.